The van der Waals surface area contributed by atoms with Crippen molar-refractivity contribution in [1.82, 2.24) is 4.98 Å². The largest absolute Gasteiger partial charge is 0.363 e. The molecule has 0 bridgehead atoms. The molecule has 14 heavy (non-hydrogen) atoms. The first-order valence-corrected chi connectivity index (χ1v) is 5.55. The second kappa shape index (κ2) is 3.51. The van der Waals surface area contributed by atoms with Crippen molar-refractivity contribution < 1.29 is 0 Å². The third kappa shape index (κ3) is 1.91. The second-order valence-electron chi connectivity index (χ2n) is 3.93. The molecule has 0 unspecified atom stereocenters. The first kappa shape index (κ1) is 9.93. The highest BCUT2D eigenvalue weighted by Gasteiger charge is 2.41. The molecule has 1 aromatic rings. The predicted molar refractivity (Wildman–Crippen MR) is 61.3 cm³/mol. The molecule has 3 nitrogen and oxygen atoms in total. The molecule has 0 spiro atoms. The maximum atomic E-state index is 5.70. The first-order chi connectivity index (χ1) is 6.65. The van der Waals surface area contributed by atoms with E-state index in [2.05, 4.69) is 32.3 Å². The summed E-state index contributed by atoms with van der Waals surface area (Å²) >= 11 is 3.39. The van der Waals surface area contributed by atoms with Gasteiger partial charge in [-0.05, 0) is 47.3 Å². The van der Waals surface area contributed by atoms with Crippen molar-refractivity contribution in [2.75, 3.05) is 11.9 Å². The molecule has 0 amide bonds. The van der Waals surface area contributed by atoms with E-state index in [9.17, 15) is 0 Å². The fourth-order valence-electron chi connectivity index (χ4n) is 1.45. The summed E-state index contributed by atoms with van der Waals surface area (Å²) in [5, 5.41) is 3.42. The monoisotopic (exact) mass is 255 g/mol. The van der Waals surface area contributed by atoms with Crippen LogP contribution in [-0.4, -0.2) is 17.1 Å². The van der Waals surface area contributed by atoms with Gasteiger partial charge in [-0.25, -0.2) is 4.98 Å². The molecule has 4 heteroatoms. The van der Waals surface area contributed by atoms with Crippen LogP contribution in [0.2, 0.25) is 0 Å². The van der Waals surface area contributed by atoms with Crippen LogP contribution in [0.5, 0.6) is 0 Å². The van der Waals surface area contributed by atoms with E-state index in [4.69, 9.17) is 5.73 Å². The van der Waals surface area contributed by atoms with Crippen LogP contribution in [-0.2, 0) is 0 Å². The lowest BCUT2D eigenvalue weighted by molar-refractivity contribution is 0.735. The molecule has 3 N–H and O–H groups in total. The van der Waals surface area contributed by atoms with Crippen molar-refractivity contribution in [2.24, 2.45) is 5.73 Å². The molecule has 0 aromatic carbocycles. The number of rotatable bonds is 3. The Kier molecular flexibility index (Phi) is 2.49. The smallest absolute Gasteiger partial charge is 0.129 e. The van der Waals surface area contributed by atoms with E-state index in [0.717, 1.165) is 28.7 Å². The molecule has 0 aliphatic heterocycles. The molecule has 0 saturated heterocycles. The molecule has 1 aliphatic carbocycles. The number of halogens is 1. The highest BCUT2D eigenvalue weighted by atomic mass is 79.9. The summed E-state index contributed by atoms with van der Waals surface area (Å²) in [5.41, 5.74) is 6.98. The molecule has 1 saturated carbocycles. The molecule has 0 atom stereocenters. The van der Waals surface area contributed by atoms with Crippen LogP contribution < -0.4 is 11.1 Å². The Morgan fingerprint density at radius 1 is 1.64 bits per heavy atom. The van der Waals surface area contributed by atoms with Gasteiger partial charge in [0, 0.05) is 17.2 Å². The lowest BCUT2D eigenvalue weighted by Crippen LogP contribution is -2.31. The lowest BCUT2D eigenvalue weighted by Gasteiger charge is -2.17. The second-order valence-corrected chi connectivity index (χ2v) is 4.84. The van der Waals surface area contributed by atoms with Gasteiger partial charge in [0.25, 0.3) is 0 Å². The molecule has 76 valence electrons. The van der Waals surface area contributed by atoms with Gasteiger partial charge in [0.2, 0.25) is 0 Å². The molecule has 1 fully saturated rings. The summed E-state index contributed by atoms with van der Waals surface area (Å²) in [6.07, 6.45) is 4.11. The zero-order valence-corrected chi connectivity index (χ0v) is 9.76. The SMILES string of the molecule is Cc1cc(Br)cnc1NC1(CN)CC1. The van der Waals surface area contributed by atoms with Gasteiger partial charge in [0.1, 0.15) is 5.82 Å². The lowest BCUT2D eigenvalue weighted by atomic mass is 10.2. The van der Waals surface area contributed by atoms with Crippen LogP contribution in [0, 0.1) is 6.92 Å². The van der Waals surface area contributed by atoms with Crippen molar-refractivity contribution in [3.8, 4) is 0 Å². The average Bonchev–Trinajstić information content (AvgIpc) is 2.91. The van der Waals surface area contributed by atoms with E-state index >= 15 is 0 Å². The standard InChI is InChI=1S/C10H14BrN3/c1-7-4-8(11)5-13-9(7)14-10(6-12)2-3-10/h4-5H,2-3,6,12H2,1H3,(H,13,14). The van der Waals surface area contributed by atoms with Gasteiger partial charge in [-0.1, -0.05) is 0 Å². The first-order valence-electron chi connectivity index (χ1n) is 4.76. The Labute approximate surface area is 92.2 Å². The van der Waals surface area contributed by atoms with Crippen molar-refractivity contribution in [1.29, 1.82) is 0 Å². The number of aryl methyl sites for hydroxylation is 1. The van der Waals surface area contributed by atoms with Gasteiger partial charge in [-0.3, -0.25) is 0 Å². The maximum absolute atomic E-state index is 5.70. The highest BCUT2D eigenvalue weighted by Crippen LogP contribution is 2.38. The van der Waals surface area contributed by atoms with Gasteiger partial charge in [-0.15, -0.1) is 0 Å². The van der Waals surface area contributed by atoms with Crippen LogP contribution >= 0.6 is 15.9 Å². The topological polar surface area (TPSA) is 50.9 Å². The number of pyridine rings is 1. The van der Waals surface area contributed by atoms with Crippen LogP contribution in [0.3, 0.4) is 0 Å². The summed E-state index contributed by atoms with van der Waals surface area (Å²) in [6, 6.07) is 2.06. The molecule has 0 radical (unpaired) electrons. The van der Waals surface area contributed by atoms with Gasteiger partial charge >= 0.3 is 0 Å². The molecule has 1 aliphatic rings. The quantitative estimate of drug-likeness (QED) is 0.870. The molecule has 2 rings (SSSR count). The van der Waals surface area contributed by atoms with Crippen molar-refractivity contribution in [2.45, 2.75) is 25.3 Å². The van der Waals surface area contributed by atoms with Crippen LogP contribution in [0.25, 0.3) is 0 Å². The minimum atomic E-state index is 0.131. The van der Waals surface area contributed by atoms with Crippen molar-refractivity contribution >= 4 is 21.7 Å². The third-order valence-corrected chi connectivity index (χ3v) is 3.11. The van der Waals surface area contributed by atoms with E-state index in [0.29, 0.717) is 6.54 Å². The maximum Gasteiger partial charge on any atom is 0.129 e. The zero-order valence-electron chi connectivity index (χ0n) is 8.18. The summed E-state index contributed by atoms with van der Waals surface area (Å²) < 4.78 is 1.01. The van der Waals surface area contributed by atoms with Gasteiger partial charge < -0.3 is 11.1 Å². The van der Waals surface area contributed by atoms with Gasteiger partial charge in [-0.2, -0.15) is 0 Å². The minimum Gasteiger partial charge on any atom is -0.363 e. The predicted octanol–water partition coefficient (Wildman–Crippen LogP) is 2.06. The number of nitrogens with two attached hydrogens (primary N) is 1. The van der Waals surface area contributed by atoms with Gasteiger partial charge in [0.15, 0.2) is 0 Å². The van der Waals surface area contributed by atoms with E-state index < -0.39 is 0 Å². The molecular formula is C10H14BrN3. The minimum absolute atomic E-state index is 0.131. The number of aromatic nitrogens is 1. The Bertz CT molecular complexity index is 347. The normalized spacial score (nSPS) is 17.9. The number of hydrogen-bond donors (Lipinski definition) is 2. The summed E-state index contributed by atoms with van der Waals surface area (Å²) in [6.45, 7) is 2.73. The number of hydrogen-bond acceptors (Lipinski definition) is 3. The van der Waals surface area contributed by atoms with Crippen LogP contribution in [0.15, 0.2) is 16.7 Å². The number of anilines is 1. The van der Waals surface area contributed by atoms with E-state index in [1.807, 2.05) is 13.1 Å². The Hall–Kier alpha value is -0.610. The Morgan fingerprint density at radius 3 is 2.86 bits per heavy atom. The average molecular weight is 256 g/mol. The summed E-state index contributed by atoms with van der Waals surface area (Å²) in [7, 11) is 0. The van der Waals surface area contributed by atoms with E-state index in [-0.39, 0.29) is 5.54 Å². The molecule has 1 aromatic heterocycles. The van der Waals surface area contributed by atoms with Crippen LogP contribution in [0.1, 0.15) is 18.4 Å². The van der Waals surface area contributed by atoms with E-state index in [1.165, 1.54) is 0 Å². The Balaban J connectivity index is 2.17. The summed E-state index contributed by atoms with van der Waals surface area (Å²) in [5.74, 6) is 0.955. The molecular weight excluding hydrogens is 242 g/mol. The zero-order chi connectivity index (χ0) is 10.2. The van der Waals surface area contributed by atoms with Gasteiger partial charge in [0.05, 0.1) is 5.54 Å². The number of nitrogens with one attached hydrogen (secondary N) is 1. The highest BCUT2D eigenvalue weighted by molar-refractivity contribution is 9.10. The van der Waals surface area contributed by atoms with Crippen molar-refractivity contribution in [3.05, 3.63) is 22.3 Å². The van der Waals surface area contributed by atoms with Crippen molar-refractivity contribution in [3.63, 3.8) is 0 Å². The molecule has 1 heterocycles. The fourth-order valence-corrected chi connectivity index (χ4v) is 1.90. The van der Waals surface area contributed by atoms with E-state index in [1.54, 1.807) is 0 Å². The summed E-state index contributed by atoms with van der Waals surface area (Å²) in [4.78, 5) is 4.34. The fraction of sp³-hybridized carbons (Fsp3) is 0.500. The third-order valence-electron chi connectivity index (χ3n) is 2.67. The van der Waals surface area contributed by atoms with Crippen LogP contribution in [0.4, 0.5) is 5.82 Å². The Morgan fingerprint density at radius 2 is 2.36 bits per heavy atom. The number of nitrogens with zero attached hydrogens (tertiary/aromatic N) is 1.